The average molecular weight is 353 g/mol. The molecule has 0 unspecified atom stereocenters. The van der Waals surface area contributed by atoms with Crippen molar-refractivity contribution in [2.24, 2.45) is 4.99 Å². The van der Waals surface area contributed by atoms with E-state index in [9.17, 15) is 4.39 Å². The second-order valence-electron chi connectivity index (χ2n) is 6.88. The van der Waals surface area contributed by atoms with Crippen LogP contribution in [-0.4, -0.2) is 37.0 Å². The first kappa shape index (κ1) is 17.2. The normalized spacial score (nSPS) is 16.1. The molecule has 5 heteroatoms. The quantitative estimate of drug-likeness (QED) is 0.621. The molecular weight excluding hydrogens is 329 g/mol. The van der Waals surface area contributed by atoms with Crippen molar-refractivity contribution in [2.45, 2.75) is 32.6 Å². The van der Waals surface area contributed by atoms with Crippen LogP contribution in [0.5, 0.6) is 0 Å². The van der Waals surface area contributed by atoms with Gasteiger partial charge in [-0.2, -0.15) is 0 Å². The van der Waals surface area contributed by atoms with Gasteiger partial charge in [0.2, 0.25) is 0 Å². The van der Waals surface area contributed by atoms with Crippen molar-refractivity contribution < 1.29 is 9.13 Å². The van der Waals surface area contributed by atoms with Gasteiger partial charge in [-0.05, 0) is 36.6 Å². The van der Waals surface area contributed by atoms with E-state index in [1.54, 1.807) is 6.07 Å². The molecule has 0 saturated carbocycles. The number of ether oxygens (including phenoxy) is 1. The van der Waals surface area contributed by atoms with Crippen LogP contribution in [0.1, 0.15) is 42.9 Å². The summed E-state index contributed by atoms with van der Waals surface area (Å²) in [6.07, 6.45) is 5.91. The lowest BCUT2D eigenvalue weighted by Crippen LogP contribution is -2.36. The standard InChI is InChI=1S/C21H24FN3O/c1-2-3-4-5-15-12-17-19(14-18(15)22)24-21(17)16-6-7-23-20(13-16)25-8-10-26-11-9-25/h6-7,12-14H,2-5,8-11H2,1H3. The van der Waals surface area contributed by atoms with Crippen LogP contribution in [0.2, 0.25) is 0 Å². The van der Waals surface area contributed by atoms with Crippen LogP contribution in [0.3, 0.4) is 0 Å². The first-order chi connectivity index (χ1) is 12.8. The number of benzene rings is 1. The number of rotatable bonds is 6. The zero-order chi connectivity index (χ0) is 17.9. The van der Waals surface area contributed by atoms with E-state index in [1.165, 1.54) is 0 Å². The maximum absolute atomic E-state index is 14.2. The minimum Gasteiger partial charge on any atom is -0.378 e. The van der Waals surface area contributed by atoms with Gasteiger partial charge in [-0.25, -0.2) is 14.4 Å². The first-order valence-corrected chi connectivity index (χ1v) is 9.47. The number of aromatic nitrogens is 1. The number of morpholine rings is 1. The molecule has 2 aliphatic rings. The van der Waals surface area contributed by atoms with E-state index in [0.29, 0.717) is 0 Å². The topological polar surface area (TPSA) is 37.7 Å². The number of halogens is 1. The lowest BCUT2D eigenvalue weighted by atomic mass is 9.92. The number of hydrogen-bond donors (Lipinski definition) is 0. The molecule has 1 aromatic carbocycles. The van der Waals surface area contributed by atoms with Crippen molar-refractivity contribution in [1.82, 2.24) is 4.98 Å². The number of aryl methyl sites for hydroxylation is 1. The number of hydrogen-bond acceptors (Lipinski definition) is 4. The van der Waals surface area contributed by atoms with Crippen molar-refractivity contribution in [3.8, 4) is 0 Å². The Kier molecular flexibility index (Phi) is 4.98. The van der Waals surface area contributed by atoms with Crippen molar-refractivity contribution in [1.29, 1.82) is 0 Å². The highest BCUT2D eigenvalue weighted by Crippen LogP contribution is 2.35. The molecule has 2 aliphatic heterocycles. The number of anilines is 1. The van der Waals surface area contributed by atoms with Gasteiger partial charge in [0, 0.05) is 36.5 Å². The molecule has 3 heterocycles. The molecule has 1 saturated heterocycles. The third-order valence-corrected chi connectivity index (χ3v) is 5.06. The SMILES string of the molecule is CCCCCc1cc2c(cc1F)N=C2c1ccnc(N2CCOCC2)c1. The Labute approximate surface area is 153 Å². The van der Waals surface area contributed by atoms with Crippen molar-refractivity contribution in [3.05, 3.63) is 53.0 Å². The number of aliphatic imine (C=N–C) groups is 1. The molecule has 1 fully saturated rings. The second-order valence-corrected chi connectivity index (χ2v) is 6.88. The highest BCUT2D eigenvalue weighted by Gasteiger charge is 2.24. The molecular formula is C21H24FN3O. The highest BCUT2D eigenvalue weighted by molar-refractivity contribution is 6.22. The average Bonchev–Trinajstić information content (AvgIpc) is 2.67. The van der Waals surface area contributed by atoms with Crippen LogP contribution >= 0.6 is 0 Å². The van der Waals surface area contributed by atoms with Gasteiger partial charge in [-0.1, -0.05) is 19.8 Å². The van der Waals surface area contributed by atoms with Gasteiger partial charge in [0.1, 0.15) is 11.6 Å². The fourth-order valence-corrected chi connectivity index (χ4v) is 3.53. The highest BCUT2D eigenvalue weighted by atomic mass is 19.1. The van der Waals surface area contributed by atoms with E-state index >= 15 is 0 Å². The Hall–Kier alpha value is -2.27. The molecule has 2 aromatic rings. The Morgan fingerprint density at radius 3 is 2.81 bits per heavy atom. The van der Waals surface area contributed by atoms with Crippen molar-refractivity contribution in [3.63, 3.8) is 0 Å². The Morgan fingerprint density at radius 1 is 1.15 bits per heavy atom. The third-order valence-electron chi connectivity index (χ3n) is 5.06. The Balaban J connectivity index is 1.56. The fraction of sp³-hybridized carbons (Fsp3) is 0.429. The van der Waals surface area contributed by atoms with E-state index < -0.39 is 0 Å². The van der Waals surface area contributed by atoms with E-state index in [1.807, 2.05) is 18.3 Å². The maximum atomic E-state index is 14.2. The lowest BCUT2D eigenvalue weighted by molar-refractivity contribution is 0.122. The monoisotopic (exact) mass is 353 g/mol. The van der Waals surface area contributed by atoms with Crippen LogP contribution in [0.15, 0.2) is 35.5 Å². The molecule has 0 N–H and O–H groups in total. The molecule has 4 rings (SSSR count). The van der Waals surface area contributed by atoms with E-state index in [2.05, 4.69) is 27.9 Å². The summed E-state index contributed by atoms with van der Waals surface area (Å²) >= 11 is 0. The Bertz CT molecular complexity index is 828. The van der Waals surface area contributed by atoms with Crippen molar-refractivity contribution in [2.75, 3.05) is 31.2 Å². The number of unbranched alkanes of at least 4 members (excludes halogenated alkanes) is 2. The summed E-state index contributed by atoms with van der Waals surface area (Å²) in [6.45, 7) is 5.33. The van der Waals surface area contributed by atoms with E-state index in [4.69, 9.17) is 4.74 Å². The minimum absolute atomic E-state index is 0.133. The van der Waals surface area contributed by atoms with Crippen LogP contribution in [0.4, 0.5) is 15.9 Å². The molecule has 4 nitrogen and oxygen atoms in total. The summed E-state index contributed by atoms with van der Waals surface area (Å²) in [7, 11) is 0. The van der Waals surface area contributed by atoms with Gasteiger partial charge in [-0.3, -0.25) is 0 Å². The molecule has 1 aromatic heterocycles. The van der Waals surface area contributed by atoms with Gasteiger partial charge in [0.15, 0.2) is 0 Å². The van der Waals surface area contributed by atoms with Gasteiger partial charge in [-0.15, -0.1) is 0 Å². The molecule has 0 atom stereocenters. The van der Waals surface area contributed by atoms with Gasteiger partial charge in [0.05, 0.1) is 24.6 Å². The predicted molar refractivity (Wildman–Crippen MR) is 102 cm³/mol. The summed E-state index contributed by atoms with van der Waals surface area (Å²) in [5.74, 6) is 0.818. The van der Waals surface area contributed by atoms with Gasteiger partial charge < -0.3 is 9.64 Å². The largest absolute Gasteiger partial charge is 0.378 e. The van der Waals surface area contributed by atoms with E-state index in [-0.39, 0.29) is 5.82 Å². The minimum atomic E-state index is -0.133. The number of fused-ring (bicyclic) bond motifs is 1. The van der Waals surface area contributed by atoms with E-state index in [0.717, 1.165) is 85.9 Å². The van der Waals surface area contributed by atoms with Gasteiger partial charge in [0.25, 0.3) is 0 Å². The molecule has 136 valence electrons. The second kappa shape index (κ2) is 7.54. The number of nitrogens with zero attached hydrogens (tertiary/aromatic N) is 3. The molecule has 0 radical (unpaired) electrons. The lowest BCUT2D eigenvalue weighted by Gasteiger charge is -2.28. The number of pyridine rings is 1. The summed E-state index contributed by atoms with van der Waals surface area (Å²) in [5.41, 5.74) is 4.58. The summed E-state index contributed by atoms with van der Waals surface area (Å²) < 4.78 is 19.6. The van der Waals surface area contributed by atoms with Gasteiger partial charge >= 0.3 is 0 Å². The smallest absolute Gasteiger partial charge is 0.129 e. The third kappa shape index (κ3) is 3.36. The fourth-order valence-electron chi connectivity index (χ4n) is 3.53. The summed E-state index contributed by atoms with van der Waals surface area (Å²) in [5, 5.41) is 0. The molecule has 0 amide bonds. The van der Waals surface area contributed by atoms with Crippen LogP contribution in [-0.2, 0) is 11.2 Å². The maximum Gasteiger partial charge on any atom is 0.129 e. The molecule has 0 spiro atoms. The van der Waals surface area contributed by atoms with Crippen LogP contribution in [0, 0.1) is 5.82 Å². The zero-order valence-corrected chi connectivity index (χ0v) is 15.2. The summed E-state index contributed by atoms with van der Waals surface area (Å²) in [6, 6.07) is 7.61. The molecule has 26 heavy (non-hydrogen) atoms. The summed E-state index contributed by atoms with van der Waals surface area (Å²) in [4.78, 5) is 11.3. The Morgan fingerprint density at radius 2 is 2.00 bits per heavy atom. The van der Waals surface area contributed by atoms with Crippen LogP contribution < -0.4 is 4.90 Å². The predicted octanol–water partition coefficient (Wildman–Crippen LogP) is 4.27. The van der Waals surface area contributed by atoms with Crippen LogP contribution in [0.25, 0.3) is 0 Å². The molecule has 0 aliphatic carbocycles. The first-order valence-electron chi connectivity index (χ1n) is 9.47. The molecule has 0 bridgehead atoms. The zero-order valence-electron chi connectivity index (χ0n) is 15.2. The van der Waals surface area contributed by atoms with Crippen molar-refractivity contribution >= 4 is 17.2 Å².